The molecule has 4 aromatic rings. The zero-order chi connectivity index (χ0) is 24.0. The van der Waals surface area contributed by atoms with Gasteiger partial charge in [-0.2, -0.15) is 13.2 Å². The lowest BCUT2D eigenvalue weighted by Crippen LogP contribution is -2.18. The van der Waals surface area contributed by atoms with Crippen LogP contribution in [-0.2, 0) is 16.2 Å². The van der Waals surface area contributed by atoms with E-state index >= 15 is 0 Å². The first kappa shape index (κ1) is 23.4. The summed E-state index contributed by atoms with van der Waals surface area (Å²) in [5, 5.41) is -0.134. The highest BCUT2D eigenvalue weighted by Gasteiger charge is 2.35. The maximum atomic E-state index is 13.2. The number of aromatic nitrogens is 3. The molecule has 0 aliphatic rings. The number of nitrogens with one attached hydrogen (secondary N) is 2. The number of pyridine rings is 2. The van der Waals surface area contributed by atoms with Gasteiger partial charge < -0.3 is 4.98 Å². The fourth-order valence-electron chi connectivity index (χ4n) is 3.08. The Morgan fingerprint density at radius 3 is 2.61 bits per heavy atom. The van der Waals surface area contributed by atoms with Crippen LogP contribution in [0.1, 0.15) is 21.6 Å². The average Bonchev–Trinajstić information content (AvgIpc) is 3.21. The SMILES string of the molecule is O=C(c1ncc(I)cc1NS(=O)(=O)c1ccc(Cl)c(C(F)(F)F)c1)c1ccnc2[nH]ccc12. The Morgan fingerprint density at radius 2 is 1.88 bits per heavy atom. The van der Waals surface area contributed by atoms with Gasteiger partial charge in [-0.15, -0.1) is 0 Å². The summed E-state index contributed by atoms with van der Waals surface area (Å²) in [7, 11) is -4.52. The number of carbonyl (C=O) groups excluding carboxylic acids is 1. The highest BCUT2D eigenvalue weighted by molar-refractivity contribution is 14.1. The molecule has 1 aromatic carbocycles. The van der Waals surface area contributed by atoms with Crippen molar-refractivity contribution in [3.63, 3.8) is 0 Å². The van der Waals surface area contributed by atoms with Crippen molar-refractivity contribution in [1.82, 2.24) is 15.0 Å². The fraction of sp³-hybridized carbons (Fsp3) is 0.0500. The number of anilines is 1. The van der Waals surface area contributed by atoms with E-state index in [1.165, 1.54) is 24.5 Å². The molecular weight excluding hydrogens is 596 g/mol. The van der Waals surface area contributed by atoms with Crippen LogP contribution in [0.5, 0.6) is 0 Å². The molecule has 7 nitrogen and oxygen atoms in total. The fourth-order valence-corrected chi connectivity index (χ4v) is 4.84. The Hall–Kier alpha value is -2.71. The Balaban J connectivity index is 1.78. The minimum atomic E-state index is -4.85. The molecule has 4 rings (SSSR count). The third-order valence-electron chi connectivity index (χ3n) is 4.57. The van der Waals surface area contributed by atoms with Gasteiger partial charge in [-0.3, -0.25) is 9.52 Å². The van der Waals surface area contributed by atoms with E-state index in [4.69, 9.17) is 11.6 Å². The molecule has 0 radical (unpaired) electrons. The third kappa shape index (κ3) is 4.68. The zero-order valence-corrected chi connectivity index (χ0v) is 19.8. The Labute approximate surface area is 203 Å². The first-order valence-electron chi connectivity index (χ1n) is 8.99. The topological polar surface area (TPSA) is 105 Å². The Kier molecular flexibility index (Phi) is 6.09. The smallest absolute Gasteiger partial charge is 0.346 e. The minimum Gasteiger partial charge on any atom is -0.346 e. The number of benzene rings is 1. The molecule has 3 heterocycles. The van der Waals surface area contributed by atoms with Crippen LogP contribution in [0.2, 0.25) is 5.02 Å². The second kappa shape index (κ2) is 8.57. The number of sulfonamides is 1. The molecule has 0 aliphatic carbocycles. The van der Waals surface area contributed by atoms with Crippen LogP contribution in [0.15, 0.2) is 59.9 Å². The minimum absolute atomic E-state index is 0.184. The average molecular weight is 607 g/mol. The summed E-state index contributed by atoms with van der Waals surface area (Å²) in [4.78, 5) is 23.6. The number of carbonyl (C=O) groups is 1. The summed E-state index contributed by atoms with van der Waals surface area (Å²) in [5.41, 5.74) is -1.03. The normalized spacial score (nSPS) is 12.2. The lowest BCUT2D eigenvalue weighted by molar-refractivity contribution is -0.137. The molecule has 0 spiro atoms. The molecule has 0 unspecified atom stereocenters. The van der Waals surface area contributed by atoms with Gasteiger partial charge >= 0.3 is 6.18 Å². The number of H-pyrrole nitrogens is 1. The Morgan fingerprint density at radius 1 is 1.12 bits per heavy atom. The van der Waals surface area contributed by atoms with Gasteiger partial charge in [-0.05, 0) is 59.0 Å². The van der Waals surface area contributed by atoms with Gasteiger partial charge in [-0.25, -0.2) is 18.4 Å². The van der Waals surface area contributed by atoms with Gasteiger partial charge in [0.05, 0.1) is 21.2 Å². The molecule has 3 aromatic heterocycles. The number of alkyl halides is 3. The molecule has 33 heavy (non-hydrogen) atoms. The van der Waals surface area contributed by atoms with Crippen molar-refractivity contribution in [3.8, 4) is 0 Å². The summed E-state index contributed by atoms with van der Waals surface area (Å²) in [5.74, 6) is -0.594. The van der Waals surface area contributed by atoms with Gasteiger partial charge in [0.2, 0.25) is 5.78 Å². The van der Waals surface area contributed by atoms with E-state index in [2.05, 4.69) is 19.7 Å². The number of nitrogens with zero attached hydrogens (tertiary/aromatic N) is 2. The van der Waals surface area contributed by atoms with Crippen molar-refractivity contribution in [3.05, 3.63) is 80.4 Å². The molecule has 0 saturated heterocycles. The summed E-state index contributed by atoms with van der Waals surface area (Å²) in [6.07, 6.45) is -0.477. The van der Waals surface area contributed by atoms with Gasteiger partial charge in [-0.1, -0.05) is 11.6 Å². The van der Waals surface area contributed by atoms with Crippen LogP contribution in [0, 0.1) is 3.57 Å². The summed E-state index contributed by atoms with van der Waals surface area (Å²) < 4.78 is 68.1. The maximum absolute atomic E-state index is 13.2. The zero-order valence-electron chi connectivity index (χ0n) is 16.1. The molecule has 0 atom stereocenters. The van der Waals surface area contributed by atoms with Crippen molar-refractivity contribution < 1.29 is 26.4 Å². The number of rotatable bonds is 5. The molecule has 0 amide bonds. The predicted octanol–water partition coefficient (Wildman–Crippen LogP) is 5.27. The quantitative estimate of drug-likeness (QED) is 0.238. The van der Waals surface area contributed by atoms with Crippen LogP contribution in [0.25, 0.3) is 11.0 Å². The molecule has 0 fully saturated rings. The summed E-state index contributed by atoms with van der Waals surface area (Å²) >= 11 is 7.46. The first-order chi connectivity index (χ1) is 15.5. The van der Waals surface area contributed by atoms with Gasteiger partial charge in [0.15, 0.2) is 0 Å². The second-order valence-electron chi connectivity index (χ2n) is 6.72. The second-order valence-corrected chi connectivity index (χ2v) is 10.1. The monoisotopic (exact) mass is 606 g/mol. The van der Waals surface area contributed by atoms with Gasteiger partial charge in [0.25, 0.3) is 10.0 Å². The number of fused-ring (bicyclic) bond motifs is 1. The van der Waals surface area contributed by atoms with E-state index in [0.717, 1.165) is 12.1 Å². The van der Waals surface area contributed by atoms with Crippen molar-refractivity contribution >= 4 is 66.7 Å². The predicted molar refractivity (Wildman–Crippen MR) is 124 cm³/mol. The van der Waals surface area contributed by atoms with Crippen molar-refractivity contribution in [2.45, 2.75) is 11.1 Å². The molecular formula is C20H11ClF3IN4O3S. The van der Waals surface area contributed by atoms with E-state index in [-0.39, 0.29) is 16.9 Å². The van der Waals surface area contributed by atoms with E-state index in [1.54, 1.807) is 12.3 Å². The lowest BCUT2D eigenvalue weighted by Gasteiger charge is -2.14. The molecule has 0 aliphatic heterocycles. The van der Waals surface area contributed by atoms with Crippen molar-refractivity contribution in [1.29, 1.82) is 0 Å². The van der Waals surface area contributed by atoms with E-state index in [9.17, 15) is 26.4 Å². The van der Waals surface area contributed by atoms with Gasteiger partial charge in [0.1, 0.15) is 11.3 Å². The van der Waals surface area contributed by atoms with E-state index in [0.29, 0.717) is 20.7 Å². The maximum Gasteiger partial charge on any atom is 0.417 e. The van der Waals surface area contributed by atoms with Crippen molar-refractivity contribution in [2.75, 3.05) is 4.72 Å². The molecule has 0 bridgehead atoms. The third-order valence-corrected chi connectivity index (χ3v) is 6.85. The lowest BCUT2D eigenvalue weighted by atomic mass is 10.0. The van der Waals surface area contributed by atoms with Crippen LogP contribution in [-0.4, -0.2) is 29.2 Å². The first-order valence-corrected chi connectivity index (χ1v) is 11.9. The van der Waals surface area contributed by atoms with Crippen molar-refractivity contribution in [2.24, 2.45) is 0 Å². The molecule has 2 N–H and O–H groups in total. The van der Waals surface area contributed by atoms with E-state index < -0.39 is 37.5 Å². The number of ketones is 1. The van der Waals surface area contributed by atoms with Crippen LogP contribution in [0.4, 0.5) is 18.9 Å². The molecule has 13 heteroatoms. The highest BCUT2D eigenvalue weighted by Crippen LogP contribution is 2.36. The molecule has 170 valence electrons. The summed E-state index contributed by atoms with van der Waals surface area (Å²) in [6.45, 7) is 0. The van der Waals surface area contributed by atoms with E-state index in [1.807, 2.05) is 22.6 Å². The Bertz CT molecular complexity index is 1510. The van der Waals surface area contributed by atoms with Crippen LogP contribution >= 0.6 is 34.2 Å². The number of hydrogen-bond acceptors (Lipinski definition) is 5. The standard InChI is InChI=1S/C20H11ClF3IN4O3S/c21-15-2-1-11(8-14(15)20(22,23)24)33(31,32)29-16-7-10(25)9-28-17(16)18(30)12-3-5-26-19-13(12)4-6-27-19/h1-9,29H,(H,26,27). The van der Waals surface area contributed by atoms with Crippen LogP contribution < -0.4 is 4.72 Å². The largest absolute Gasteiger partial charge is 0.417 e. The number of hydrogen-bond donors (Lipinski definition) is 2. The molecule has 0 saturated carbocycles. The highest BCUT2D eigenvalue weighted by atomic mass is 127. The summed E-state index contributed by atoms with van der Waals surface area (Å²) in [6, 6.07) is 6.67. The van der Waals surface area contributed by atoms with Crippen LogP contribution in [0.3, 0.4) is 0 Å². The number of aromatic amines is 1. The number of halogens is 5. The van der Waals surface area contributed by atoms with Gasteiger partial charge in [0, 0.05) is 33.1 Å².